The molecule has 0 aromatic heterocycles. The van der Waals surface area contributed by atoms with E-state index in [-0.39, 0.29) is 45.7 Å². The van der Waals surface area contributed by atoms with Gasteiger partial charge in [0.2, 0.25) is 0 Å². The van der Waals surface area contributed by atoms with Crippen molar-refractivity contribution in [3.8, 4) is 11.5 Å². The fourth-order valence-corrected chi connectivity index (χ4v) is 7.47. The van der Waals surface area contributed by atoms with Gasteiger partial charge in [0.1, 0.15) is 0 Å². The third kappa shape index (κ3) is 6.55. The molecule has 0 saturated heterocycles. The zero-order valence-electron chi connectivity index (χ0n) is 27.8. The molecule has 45 heavy (non-hydrogen) atoms. The number of Topliss-reactive ketones (excluding diaryl/α,β-unsaturated/α-hetero) is 2. The normalized spacial score (nSPS) is 19.4. The predicted octanol–water partition coefficient (Wildman–Crippen LogP) is 8.08. The lowest BCUT2D eigenvalue weighted by molar-refractivity contribution is -0.120. The Balaban J connectivity index is 1.56. The maximum atomic E-state index is 14.0. The van der Waals surface area contributed by atoms with Crippen molar-refractivity contribution in [2.24, 2.45) is 10.8 Å². The minimum Gasteiger partial charge on any atom is -0.490 e. The zero-order valence-corrected chi connectivity index (χ0v) is 28.5. The quantitative estimate of drug-likeness (QED) is 0.317. The first kappa shape index (κ1) is 32.8. The number of hydrogen-bond donors (Lipinski definition) is 1. The molecule has 0 atom stereocenters. The number of halogens is 1. The lowest BCUT2D eigenvalue weighted by Crippen LogP contribution is -2.44. The van der Waals surface area contributed by atoms with Crippen molar-refractivity contribution in [3.05, 3.63) is 74.6 Å². The summed E-state index contributed by atoms with van der Waals surface area (Å²) < 4.78 is 12.0. The van der Waals surface area contributed by atoms with Crippen LogP contribution in [0.4, 0.5) is 5.69 Å². The van der Waals surface area contributed by atoms with Crippen molar-refractivity contribution < 1.29 is 23.9 Å². The monoisotopic (exact) mass is 632 g/mol. The van der Waals surface area contributed by atoms with Crippen LogP contribution in [0.5, 0.6) is 11.5 Å². The number of amides is 1. The zero-order chi connectivity index (χ0) is 32.8. The Labute approximate surface area is 272 Å². The maximum absolute atomic E-state index is 14.0. The highest BCUT2D eigenvalue weighted by molar-refractivity contribution is 6.32. The van der Waals surface area contributed by atoms with Crippen LogP contribution in [0.15, 0.2) is 52.9 Å². The number of nitrogens with zero attached hydrogens (tertiary/aromatic N) is 1. The van der Waals surface area contributed by atoms with Gasteiger partial charge in [0.15, 0.2) is 29.7 Å². The van der Waals surface area contributed by atoms with Crippen molar-refractivity contribution in [3.63, 3.8) is 0 Å². The fourth-order valence-electron chi connectivity index (χ4n) is 7.20. The highest BCUT2D eigenvalue weighted by atomic mass is 35.5. The summed E-state index contributed by atoms with van der Waals surface area (Å²) in [6.07, 6.45) is 2.30. The summed E-state index contributed by atoms with van der Waals surface area (Å²) in [4.78, 5) is 43.0. The van der Waals surface area contributed by atoms with E-state index >= 15 is 0 Å². The molecule has 0 spiro atoms. The second kappa shape index (κ2) is 12.3. The molecule has 0 bridgehead atoms. The molecule has 240 valence electrons. The molecule has 2 aromatic rings. The van der Waals surface area contributed by atoms with E-state index in [0.717, 1.165) is 35.4 Å². The first-order valence-corrected chi connectivity index (χ1v) is 16.3. The number of nitrogens with one attached hydrogen (secondary N) is 1. The van der Waals surface area contributed by atoms with Crippen LogP contribution in [0.3, 0.4) is 0 Å². The summed E-state index contributed by atoms with van der Waals surface area (Å²) in [5.74, 6) is -0.137. The Bertz CT molecular complexity index is 1580. The highest BCUT2D eigenvalue weighted by Crippen LogP contribution is 2.55. The molecule has 1 amide bonds. The molecule has 2 aliphatic carbocycles. The lowest BCUT2D eigenvalue weighted by Gasteiger charge is -2.49. The minimum absolute atomic E-state index is 0.0614. The third-order valence-corrected chi connectivity index (χ3v) is 9.29. The molecule has 1 aliphatic heterocycles. The molecule has 1 N–H and O–H groups in total. The molecule has 0 saturated carbocycles. The van der Waals surface area contributed by atoms with Crippen LogP contribution in [-0.2, 0) is 14.4 Å². The van der Waals surface area contributed by atoms with Gasteiger partial charge in [-0.3, -0.25) is 14.4 Å². The molecule has 0 unspecified atom stereocenters. The number of ether oxygens (including phenoxy) is 2. The van der Waals surface area contributed by atoms with Gasteiger partial charge in [-0.1, -0.05) is 57.0 Å². The highest BCUT2D eigenvalue weighted by Gasteiger charge is 2.48. The van der Waals surface area contributed by atoms with Gasteiger partial charge in [0, 0.05) is 53.5 Å². The van der Waals surface area contributed by atoms with Crippen molar-refractivity contribution >= 4 is 34.8 Å². The smallest absolute Gasteiger partial charge is 0.262 e. The lowest BCUT2D eigenvalue weighted by atomic mass is 9.63. The van der Waals surface area contributed by atoms with E-state index in [1.165, 1.54) is 0 Å². The number of ketones is 2. The van der Waals surface area contributed by atoms with Crippen LogP contribution in [0.1, 0.15) is 89.8 Å². The number of benzene rings is 2. The van der Waals surface area contributed by atoms with Gasteiger partial charge < -0.3 is 19.7 Å². The molecule has 8 heteroatoms. The van der Waals surface area contributed by atoms with Gasteiger partial charge >= 0.3 is 0 Å². The van der Waals surface area contributed by atoms with Crippen molar-refractivity contribution in [1.82, 2.24) is 4.90 Å². The summed E-state index contributed by atoms with van der Waals surface area (Å²) in [5.41, 5.74) is 6.49. The van der Waals surface area contributed by atoms with Gasteiger partial charge in [-0.2, -0.15) is 0 Å². The number of allylic oxidation sites excluding steroid dienone is 4. The van der Waals surface area contributed by atoms with E-state index in [2.05, 4.69) is 44.8 Å². The van der Waals surface area contributed by atoms with E-state index in [4.69, 9.17) is 21.1 Å². The Hall–Kier alpha value is -3.58. The van der Waals surface area contributed by atoms with Crippen molar-refractivity contribution in [2.75, 3.05) is 25.1 Å². The van der Waals surface area contributed by atoms with Crippen molar-refractivity contribution in [1.29, 1.82) is 0 Å². The van der Waals surface area contributed by atoms with Crippen LogP contribution in [0, 0.1) is 24.7 Å². The summed E-state index contributed by atoms with van der Waals surface area (Å²) in [6.45, 7) is 17.1. The van der Waals surface area contributed by atoms with E-state index in [1.807, 2.05) is 45.0 Å². The Morgan fingerprint density at radius 1 is 0.911 bits per heavy atom. The molecule has 7 nitrogen and oxygen atoms in total. The molecule has 3 aliphatic rings. The summed E-state index contributed by atoms with van der Waals surface area (Å²) in [7, 11) is 0. The van der Waals surface area contributed by atoms with Crippen LogP contribution in [0.25, 0.3) is 0 Å². The molecular weight excluding hydrogens is 588 g/mol. The fraction of sp³-hybridized carbons (Fsp3) is 0.486. The topological polar surface area (TPSA) is 84.9 Å². The Morgan fingerprint density at radius 3 is 2.04 bits per heavy atom. The number of anilines is 1. The first-order chi connectivity index (χ1) is 21.1. The minimum atomic E-state index is -0.552. The third-order valence-electron chi connectivity index (χ3n) is 9.01. The van der Waals surface area contributed by atoms with Crippen molar-refractivity contribution in [2.45, 2.75) is 87.0 Å². The second-order valence-electron chi connectivity index (χ2n) is 14.2. The van der Waals surface area contributed by atoms with Crippen LogP contribution in [0.2, 0.25) is 5.02 Å². The SMILES string of the molecule is CCOc1cc(C2C3=C(CC(C)(C)CC3=O)N(CC)C3=C2C(=O)CC(C)(C)C3)cc(Cl)c1OCC(=O)Nc1ccc(C)cc1C. The first-order valence-electron chi connectivity index (χ1n) is 15.9. The number of carbonyl (C=O) groups excluding carboxylic acids is 3. The van der Waals surface area contributed by atoms with Gasteiger partial charge in [-0.15, -0.1) is 0 Å². The predicted molar refractivity (Wildman–Crippen MR) is 178 cm³/mol. The maximum Gasteiger partial charge on any atom is 0.262 e. The molecule has 2 aromatic carbocycles. The Kier molecular flexibility index (Phi) is 8.98. The number of rotatable bonds is 8. The van der Waals surface area contributed by atoms with E-state index < -0.39 is 5.92 Å². The van der Waals surface area contributed by atoms with E-state index in [9.17, 15) is 14.4 Å². The average molecular weight is 633 g/mol. The van der Waals surface area contributed by atoms with Gasteiger partial charge in [0.25, 0.3) is 5.91 Å². The summed E-state index contributed by atoms with van der Waals surface area (Å²) in [6, 6.07) is 9.40. The molecule has 0 fully saturated rings. The second-order valence-corrected chi connectivity index (χ2v) is 14.6. The van der Waals surface area contributed by atoms with E-state index in [0.29, 0.717) is 54.1 Å². The average Bonchev–Trinajstić information content (AvgIpc) is 2.92. The largest absolute Gasteiger partial charge is 0.490 e. The molecule has 1 heterocycles. The number of aryl methyl sites for hydroxylation is 2. The molecule has 0 radical (unpaired) electrons. The Morgan fingerprint density at radius 2 is 1.51 bits per heavy atom. The number of carbonyl (C=O) groups is 3. The van der Waals surface area contributed by atoms with Gasteiger partial charge in [-0.25, -0.2) is 0 Å². The van der Waals surface area contributed by atoms with Crippen LogP contribution < -0.4 is 14.8 Å². The van der Waals surface area contributed by atoms with E-state index in [1.54, 1.807) is 6.07 Å². The number of hydrogen-bond acceptors (Lipinski definition) is 6. The summed E-state index contributed by atoms with van der Waals surface area (Å²) in [5, 5.41) is 3.15. The standard InChI is InChI=1S/C37H45ClN2O5/c1-9-40-26-16-36(5,6)18-28(41)33(26)32(34-27(40)17-37(7,8)19-29(34)42)23-14-24(38)35(30(15-23)44-10-2)45-20-31(43)39-25-12-11-21(3)13-22(25)4/h11-15,32H,9-10,16-20H2,1-8H3,(H,39,43). The molecule has 5 rings (SSSR count). The molecular formula is C37H45ClN2O5. The van der Waals surface area contributed by atoms with Gasteiger partial charge in [0.05, 0.1) is 11.6 Å². The van der Waals surface area contributed by atoms with Crippen LogP contribution >= 0.6 is 11.6 Å². The van der Waals surface area contributed by atoms with Gasteiger partial charge in [-0.05, 0) is 80.7 Å². The van der Waals surface area contributed by atoms with Crippen LogP contribution in [-0.4, -0.2) is 42.1 Å². The summed E-state index contributed by atoms with van der Waals surface area (Å²) >= 11 is 6.90.